The van der Waals surface area contributed by atoms with E-state index in [2.05, 4.69) is 39.3 Å². The molecule has 0 saturated heterocycles. The quantitative estimate of drug-likeness (QED) is 0.314. The van der Waals surface area contributed by atoms with Gasteiger partial charge in [0, 0.05) is 18.1 Å². The monoisotopic (exact) mass is 571 g/mol. The fraction of sp³-hybridized carbons (Fsp3) is 0.829. The van der Waals surface area contributed by atoms with Crippen molar-refractivity contribution in [1.29, 1.82) is 0 Å². The van der Waals surface area contributed by atoms with E-state index in [1.165, 1.54) is 51.4 Å². The van der Waals surface area contributed by atoms with E-state index >= 15 is 0 Å². The molecule has 1 aromatic rings. The van der Waals surface area contributed by atoms with Crippen LogP contribution in [0.3, 0.4) is 0 Å². The van der Waals surface area contributed by atoms with Crippen molar-refractivity contribution in [1.82, 2.24) is 4.72 Å². The number of sulfonamides is 1. The van der Waals surface area contributed by atoms with E-state index in [1.54, 1.807) is 12.1 Å². The van der Waals surface area contributed by atoms with Crippen molar-refractivity contribution in [3.05, 3.63) is 29.8 Å². The van der Waals surface area contributed by atoms with Crippen molar-refractivity contribution < 1.29 is 13.5 Å². The van der Waals surface area contributed by atoms with Crippen molar-refractivity contribution in [2.45, 2.75) is 130 Å². The third-order valence-electron chi connectivity index (χ3n) is 13.2. The van der Waals surface area contributed by atoms with E-state index in [-0.39, 0.29) is 23.5 Å². The molecule has 9 unspecified atom stereocenters. The lowest BCUT2D eigenvalue weighted by Gasteiger charge is -2.66. The van der Waals surface area contributed by atoms with Crippen LogP contribution >= 0.6 is 0 Å². The molecule has 4 nitrogen and oxygen atoms in total. The number of aliphatic hydroxyl groups is 1. The molecular weight excluding hydrogens is 514 g/mol. The Kier molecular flexibility index (Phi) is 8.63. The standard InChI is InChI=1S/C35H57NO3S/c1-24(2)8-7-9-26(4)30-14-15-31-29-17-21-35(23-37)22-27(36-40(38,39)28-12-10-25(3)11-13-28)16-20-34(35,6)32(29)18-19-33(30,31)5/h10-13,24,26-27,29-32,36-37H,7-9,14-23H2,1-6H3. The molecule has 0 amide bonds. The lowest BCUT2D eigenvalue weighted by atomic mass is 9.39. The maximum atomic E-state index is 13.2. The van der Waals surface area contributed by atoms with Gasteiger partial charge >= 0.3 is 0 Å². The maximum Gasteiger partial charge on any atom is 0.240 e. The first-order valence-corrected chi connectivity index (χ1v) is 18.0. The van der Waals surface area contributed by atoms with Gasteiger partial charge in [-0.15, -0.1) is 0 Å². The summed E-state index contributed by atoms with van der Waals surface area (Å²) in [7, 11) is -3.57. The van der Waals surface area contributed by atoms with E-state index in [1.807, 2.05) is 19.1 Å². The highest BCUT2D eigenvalue weighted by Gasteiger charge is 2.64. The SMILES string of the molecule is Cc1ccc(S(=O)(=O)NC2CCC3(C)C4CCC5(C)C(C(C)CCCC(C)C)CCC5C4CCC3(CO)C2)cc1. The lowest BCUT2D eigenvalue weighted by molar-refractivity contribution is -0.179. The van der Waals surface area contributed by atoms with Crippen molar-refractivity contribution >= 4 is 10.0 Å². The molecular formula is C35H57NO3S. The zero-order valence-corrected chi connectivity index (χ0v) is 27.0. The minimum Gasteiger partial charge on any atom is -0.396 e. The number of benzene rings is 1. The summed E-state index contributed by atoms with van der Waals surface area (Å²) in [5.74, 6) is 4.70. The van der Waals surface area contributed by atoms with Crippen LogP contribution in [0.5, 0.6) is 0 Å². The van der Waals surface area contributed by atoms with Crippen molar-refractivity contribution in [2.24, 2.45) is 51.8 Å². The fourth-order valence-electron chi connectivity index (χ4n) is 10.9. The van der Waals surface area contributed by atoms with E-state index in [0.29, 0.717) is 16.2 Å². The molecule has 226 valence electrons. The number of hydrogen-bond acceptors (Lipinski definition) is 3. The molecule has 4 fully saturated rings. The summed E-state index contributed by atoms with van der Waals surface area (Å²) in [5, 5.41) is 11.0. The predicted octanol–water partition coefficient (Wildman–Crippen LogP) is 8.13. The Morgan fingerprint density at radius 3 is 2.33 bits per heavy atom. The van der Waals surface area contributed by atoms with Crippen LogP contribution in [0.1, 0.15) is 117 Å². The first kappa shape index (κ1) is 30.5. The first-order chi connectivity index (χ1) is 18.8. The molecule has 4 saturated carbocycles. The second kappa shape index (κ2) is 11.3. The zero-order chi connectivity index (χ0) is 28.9. The van der Waals surface area contributed by atoms with E-state index < -0.39 is 10.0 Å². The Balaban J connectivity index is 1.30. The number of aryl methyl sites for hydroxylation is 1. The van der Waals surface area contributed by atoms with Crippen LogP contribution in [0.2, 0.25) is 0 Å². The smallest absolute Gasteiger partial charge is 0.240 e. The van der Waals surface area contributed by atoms with Gasteiger partial charge in [0.1, 0.15) is 0 Å². The Labute approximate surface area is 245 Å². The highest BCUT2D eigenvalue weighted by Crippen LogP contribution is 2.71. The minimum absolute atomic E-state index is 0.0821. The molecule has 2 N–H and O–H groups in total. The predicted molar refractivity (Wildman–Crippen MR) is 164 cm³/mol. The molecule has 1 aromatic carbocycles. The van der Waals surface area contributed by atoms with Gasteiger partial charge in [0.2, 0.25) is 10.0 Å². The van der Waals surface area contributed by atoms with E-state index in [4.69, 9.17) is 0 Å². The van der Waals surface area contributed by atoms with Crippen LogP contribution in [-0.4, -0.2) is 26.2 Å². The van der Waals surface area contributed by atoms with Gasteiger partial charge in [0.25, 0.3) is 0 Å². The molecule has 4 aliphatic carbocycles. The van der Waals surface area contributed by atoms with Crippen LogP contribution in [0, 0.1) is 58.7 Å². The number of aliphatic hydroxyl groups excluding tert-OH is 1. The highest BCUT2D eigenvalue weighted by atomic mass is 32.2. The summed E-state index contributed by atoms with van der Waals surface area (Å²) in [5.41, 5.74) is 1.41. The van der Waals surface area contributed by atoms with Crippen molar-refractivity contribution in [3.63, 3.8) is 0 Å². The largest absolute Gasteiger partial charge is 0.396 e. The molecule has 0 radical (unpaired) electrons. The van der Waals surface area contributed by atoms with Crippen LogP contribution in [0.15, 0.2) is 29.2 Å². The molecule has 40 heavy (non-hydrogen) atoms. The molecule has 5 heteroatoms. The summed E-state index contributed by atoms with van der Waals surface area (Å²) in [6.45, 7) is 14.5. The number of rotatable bonds is 9. The molecule has 0 aliphatic heterocycles. The fourth-order valence-corrected chi connectivity index (χ4v) is 12.2. The van der Waals surface area contributed by atoms with Gasteiger partial charge < -0.3 is 5.11 Å². The number of fused-ring (bicyclic) bond motifs is 5. The van der Waals surface area contributed by atoms with Crippen LogP contribution in [-0.2, 0) is 10.0 Å². The second-order valence-electron chi connectivity index (χ2n) is 15.7. The molecule has 0 spiro atoms. The molecule has 9 atom stereocenters. The van der Waals surface area contributed by atoms with E-state index in [0.717, 1.165) is 60.8 Å². The van der Waals surface area contributed by atoms with Crippen molar-refractivity contribution in [2.75, 3.05) is 6.61 Å². The van der Waals surface area contributed by atoms with Crippen LogP contribution in [0.25, 0.3) is 0 Å². The zero-order valence-electron chi connectivity index (χ0n) is 26.2. The minimum atomic E-state index is -3.57. The van der Waals surface area contributed by atoms with Gasteiger partial charge in [-0.2, -0.15) is 0 Å². The summed E-state index contributed by atoms with van der Waals surface area (Å²) < 4.78 is 29.5. The molecule has 0 aromatic heterocycles. The van der Waals surface area contributed by atoms with Crippen molar-refractivity contribution in [3.8, 4) is 0 Å². The average molecular weight is 572 g/mol. The number of hydrogen-bond donors (Lipinski definition) is 2. The molecule has 5 rings (SSSR count). The Morgan fingerprint density at radius 1 is 0.925 bits per heavy atom. The van der Waals surface area contributed by atoms with Gasteiger partial charge in [-0.1, -0.05) is 71.6 Å². The second-order valence-corrected chi connectivity index (χ2v) is 17.4. The Morgan fingerprint density at radius 2 is 1.65 bits per heavy atom. The molecule has 0 heterocycles. The normalized spacial score (nSPS) is 40.4. The topological polar surface area (TPSA) is 66.4 Å². The van der Waals surface area contributed by atoms with Gasteiger partial charge in [0.05, 0.1) is 4.90 Å². The Hall–Kier alpha value is -0.910. The molecule has 0 bridgehead atoms. The third kappa shape index (κ3) is 5.23. The van der Waals surface area contributed by atoms with Crippen LogP contribution in [0.4, 0.5) is 0 Å². The molecule has 4 aliphatic rings. The van der Waals surface area contributed by atoms with Gasteiger partial charge in [-0.05, 0) is 123 Å². The van der Waals surface area contributed by atoms with Crippen LogP contribution < -0.4 is 4.72 Å². The van der Waals surface area contributed by atoms with Gasteiger partial charge in [-0.25, -0.2) is 13.1 Å². The summed E-state index contributed by atoms with van der Waals surface area (Å²) in [6, 6.07) is 7.02. The first-order valence-electron chi connectivity index (χ1n) is 16.5. The maximum absolute atomic E-state index is 13.2. The lowest BCUT2D eigenvalue weighted by Crippen LogP contribution is -2.62. The highest BCUT2D eigenvalue weighted by molar-refractivity contribution is 7.89. The summed E-state index contributed by atoms with van der Waals surface area (Å²) in [6.07, 6.45) is 14.4. The summed E-state index contributed by atoms with van der Waals surface area (Å²) >= 11 is 0. The third-order valence-corrected chi connectivity index (χ3v) is 14.8. The van der Waals surface area contributed by atoms with E-state index in [9.17, 15) is 13.5 Å². The average Bonchev–Trinajstić information content (AvgIpc) is 3.26. The van der Waals surface area contributed by atoms with Gasteiger partial charge in [-0.3, -0.25) is 0 Å². The number of nitrogens with one attached hydrogen (secondary N) is 1. The summed E-state index contributed by atoms with van der Waals surface area (Å²) in [4.78, 5) is 0.342. The Bertz CT molecular complexity index is 1130. The van der Waals surface area contributed by atoms with Gasteiger partial charge in [0.15, 0.2) is 0 Å².